The average Bonchev–Trinajstić information content (AvgIpc) is 3.69. The molecule has 0 spiro atoms. The number of halogens is 1. The third-order valence-electron chi connectivity index (χ3n) is 7.01. The number of pyridine rings is 1. The first-order valence-electron chi connectivity index (χ1n) is 13.0. The van der Waals surface area contributed by atoms with Gasteiger partial charge in [0.1, 0.15) is 23.7 Å². The number of hydrogen-bond acceptors (Lipinski definition) is 8. The minimum absolute atomic E-state index is 0.0131. The molecule has 0 bridgehead atoms. The summed E-state index contributed by atoms with van der Waals surface area (Å²) in [5.41, 5.74) is 2.70. The second-order valence-corrected chi connectivity index (χ2v) is 9.86. The van der Waals surface area contributed by atoms with Gasteiger partial charge in [0.25, 0.3) is 0 Å². The normalized spacial score (nSPS) is 19.4. The first-order valence-corrected chi connectivity index (χ1v) is 13.0. The summed E-state index contributed by atoms with van der Waals surface area (Å²) < 4.78 is 30.7. The summed E-state index contributed by atoms with van der Waals surface area (Å²) in [5, 5.41) is 8.41. The highest BCUT2D eigenvalue weighted by molar-refractivity contribution is 5.72. The monoisotopic (exact) mass is 517 g/mol. The van der Waals surface area contributed by atoms with Crippen molar-refractivity contribution < 1.29 is 28.2 Å². The number of methoxy groups -OCH3 is 1. The summed E-state index contributed by atoms with van der Waals surface area (Å²) in [6, 6.07) is 3.76. The molecule has 2 atom stereocenters. The maximum Gasteiger partial charge on any atom is 0.409 e. The molecule has 2 aromatic heterocycles. The fourth-order valence-electron chi connectivity index (χ4n) is 4.67. The molecule has 202 valence electrons. The molecule has 0 unspecified atom stereocenters. The highest BCUT2D eigenvalue weighted by Gasteiger charge is 2.33. The molecule has 2 heterocycles. The third-order valence-corrected chi connectivity index (χ3v) is 7.01. The molecule has 2 aliphatic carbocycles. The van der Waals surface area contributed by atoms with Crippen molar-refractivity contribution in [2.75, 3.05) is 27.4 Å². The zero-order valence-corrected chi connectivity index (χ0v) is 21.8. The fraction of sp³-hybridized carbons (Fsp3) is 0.654. The molecule has 0 N–H and O–H groups in total. The summed E-state index contributed by atoms with van der Waals surface area (Å²) in [5.74, 6) is 0.762. The molecule has 10 nitrogen and oxygen atoms in total. The van der Waals surface area contributed by atoms with Crippen molar-refractivity contribution in [3.05, 3.63) is 23.5 Å². The van der Waals surface area contributed by atoms with Crippen molar-refractivity contribution in [3.63, 3.8) is 0 Å². The van der Waals surface area contributed by atoms with Gasteiger partial charge in [-0.25, -0.2) is 14.5 Å². The van der Waals surface area contributed by atoms with Crippen LogP contribution in [-0.4, -0.2) is 70.4 Å². The van der Waals surface area contributed by atoms with Gasteiger partial charge < -0.3 is 19.1 Å². The molecule has 2 aromatic rings. The second kappa shape index (κ2) is 12.3. The van der Waals surface area contributed by atoms with Gasteiger partial charge in [-0.2, -0.15) is 0 Å². The van der Waals surface area contributed by atoms with E-state index in [9.17, 15) is 14.0 Å². The zero-order valence-electron chi connectivity index (χ0n) is 21.8. The van der Waals surface area contributed by atoms with E-state index in [-0.39, 0.29) is 24.6 Å². The number of carbonyl (C=O) groups is 2. The van der Waals surface area contributed by atoms with Crippen molar-refractivity contribution in [1.29, 1.82) is 0 Å². The second-order valence-electron chi connectivity index (χ2n) is 9.86. The van der Waals surface area contributed by atoms with E-state index in [1.165, 1.54) is 12.0 Å². The van der Waals surface area contributed by atoms with Crippen molar-refractivity contribution in [1.82, 2.24) is 24.9 Å². The Kier molecular flexibility index (Phi) is 8.94. The molecule has 1 amide bonds. The standard InChI is InChI=1S/C26H36FN5O5/c1-31(14-5-4-13-27)26(34)36-16-21-24(29-30-32(21)2)20-11-12-22(23(28-20)17-9-10-17)37-19-8-6-7-18(15-19)25(33)35-3/h11-12,17-19H,4-10,13-16H2,1-3H3/t18-,19-/m0/s1. The van der Waals surface area contributed by atoms with Gasteiger partial charge in [-0.15, -0.1) is 5.10 Å². The van der Waals surface area contributed by atoms with Crippen molar-refractivity contribution in [2.24, 2.45) is 13.0 Å². The molecule has 37 heavy (non-hydrogen) atoms. The van der Waals surface area contributed by atoms with Crippen molar-refractivity contribution in [3.8, 4) is 17.1 Å². The highest BCUT2D eigenvalue weighted by Crippen LogP contribution is 2.45. The number of rotatable bonds is 11. The molecule has 0 saturated heterocycles. The molecule has 2 saturated carbocycles. The van der Waals surface area contributed by atoms with Gasteiger partial charge in [-0.3, -0.25) is 9.18 Å². The Balaban J connectivity index is 1.46. The SMILES string of the molecule is COC(=O)[C@H]1CCC[C@H](Oc2ccc(-c3nnn(C)c3COC(=O)N(C)CCCCF)nc2C2CC2)C1. The smallest absolute Gasteiger partial charge is 0.409 e. The van der Waals surface area contributed by atoms with Crippen LogP contribution < -0.4 is 4.74 Å². The molecule has 0 radical (unpaired) electrons. The van der Waals surface area contributed by atoms with Crippen LogP contribution in [0.15, 0.2) is 12.1 Å². The van der Waals surface area contributed by atoms with Gasteiger partial charge in [0.05, 0.1) is 37.2 Å². The lowest BCUT2D eigenvalue weighted by atomic mass is 9.87. The summed E-state index contributed by atoms with van der Waals surface area (Å²) in [7, 11) is 4.80. The van der Waals surface area contributed by atoms with Crippen LogP contribution in [0.5, 0.6) is 5.75 Å². The number of amides is 1. The number of alkyl halides is 1. The van der Waals surface area contributed by atoms with E-state index < -0.39 is 12.8 Å². The predicted octanol–water partition coefficient (Wildman–Crippen LogP) is 4.18. The van der Waals surface area contributed by atoms with Gasteiger partial charge in [0.15, 0.2) is 0 Å². The van der Waals surface area contributed by atoms with Gasteiger partial charge in [0.2, 0.25) is 0 Å². The number of esters is 1. The van der Waals surface area contributed by atoms with Crippen LogP contribution in [0.25, 0.3) is 11.4 Å². The maximum atomic E-state index is 12.4. The van der Waals surface area contributed by atoms with Crippen LogP contribution in [-0.2, 0) is 27.9 Å². The Bertz CT molecular complexity index is 1090. The van der Waals surface area contributed by atoms with E-state index in [1.807, 2.05) is 12.1 Å². The molecule has 2 fully saturated rings. The summed E-state index contributed by atoms with van der Waals surface area (Å²) in [6.07, 6.45) is 5.80. The van der Waals surface area contributed by atoms with Crippen molar-refractivity contribution >= 4 is 12.1 Å². The number of unbranched alkanes of at least 4 members (excludes halogenated alkanes) is 1. The minimum Gasteiger partial charge on any atom is -0.488 e. The Labute approximate surface area is 216 Å². The van der Waals surface area contributed by atoms with E-state index in [0.717, 1.165) is 43.5 Å². The topological polar surface area (TPSA) is 109 Å². The van der Waals surface area contributed by atoms with Crippen LogP contribution >= 0.6 is 0 Å². The number of ether oxygens (including phenoxy) is 3. The molecule has 0 aromatic carbocycles. The fourth-order valence-corrected chi connectivity index (χ4v) is 4.67. The quantitative estimate of drug-likeness (QED) is 0.323. The number of hydrogen-bond donors (Lipinski definition) is 0. The minimum atomic E-state index is -0.487. The van der Waals surface area contributed by atoms with Gasteiger partial charge in [-0.05, 0) is 63.5 Å². The van der Waals surface area contributed by atoms with Gasteiger partial charge >= 0.3 is 12.1 Å². The maximum absolute atomic E-state index is 12.4. The number of carbonyl (C=O) groups excluding carboxylic acids is 2. The van der Waals surface area contributed by atoms with Gasteiger partial charge in [0, 0.05) is 26.6 Å². The Morgan fingerprint density at radius 2 is 2.00 bits per heavy atom. The largest absolute Gasteiger partial charge is 0.488 e. The lowest BCUT2D eigenvalue weighted by Crippen LogP contribution is -2.30. The first-order chi connectivity index (χ1) is 17.9. The molecule has 2 aliphatic rings. The average molecular weight is 518 g/mol. The first kappa shape index (κ1) is 26.8. The van der Waals surface area contributed by atoms with Crippen LogP contribution in [0.2, 0.25) is 0 Å². The molecular weight excluding hydrogens is 481 g/mol. The van der Waals surface area contributed by atoms with Crippen LogP contribution in [0.4, 0.5) is 9.18 Å². The van der Waals surface area contributed by atoms with E-state index >= 15 is 0 Å². The Hall–Kier alpha value is -3.24. The summed E-state index contributed by atoms with van der Waals surface area (Å²) in [6.45, 7) is 0.0104. The molecular formula is C26H36FN5O5. The highest BCUT2D eigenvalue weighted by atomic mass is 19.1. The van der Waals surface area contributed by atoms with Crippen LogP contribution in [0, 0.1) is 5.92 Å². The summed E-state index contributed by atoms with van der Waals surface area (Å²) >= 11 is 0. The lowest BCUT2D eigenvalue weighted by molar-refractivity contribution is -0.147. The van der Waals surface area contributed by atoms with Crippen LogP contribution in [0.3, 0.4) is 0 Å². The lowest BCUT2D eigenvalue weighted by Gasteiger charge is -2.28. The molecule has 0 aliphatic heterocycles. The van der Waals surface area contributed by atoms with Crippen LogP contribution in [0.1, 0.15) is 68.7 Å². The third kappa shape index (κ3) is 6.75. The summed E-state index contributed by atoms with van der Waals surface area (Å²) in [4.78, 5) is 30.7. The van der Waals surface area contributed by atoms with Crippen molar-refractivity contribution in [2.45, 2.75) is 70.0 Å². The van der Waals surface area contributed by atoms with E-state index in [0.29, 0.717) is 48.8 Å². The number of nitrogens with zero attached hydrogens (tertiary/aromatic N) is 5. The predicted molar refractivity (Wildman–Crippen MR) is 133 cm³/mol. The van der Waals surface area contributed by atoms with E-state index in [4.69, 9.17) is 19.2 Å². The molecule has 4 rings (SSSR count). The number of aromatic nitrogens is 4. The van der Waals surface area contributed by atoms with E-state index in [2.05, 4.69) is 10.3 Å². The Morgan fingerprint density at radius 3 is 2.73 bits per heavy atom. The van der Waals surface area contributed by atoms with Gasteiger partial charge in [-0.1, -0.05) is 5.21 Å². The van der Waals surface area contributed by atoms with E-state index in [1.54, 1.807) is 18.8 Å². The molecule has 11 heteroatoms. The number of aryl methyl sites for hydroxylation is 1. The Morgan fingerprint density at radius 1 is 1.19 bits per heavy atom. The zero-order chi connectivity index (χ0) is 26.4.